The zero-order valence-electron chi connectivity index (χ0n) is 20.5. The maximum Gasteiger partial charge on any atom is 0.132 e. The Morgan fingerprint density at radius 2 is 1.47 bits per heavy atom. The maximum atomic E-state index is 9.58. The zero-order valence-corrected chi connectivity index (χ0v) is 20.5. The van der Waals surface area contributed by atoms with Crippen molar-refractivity contribution in [2.45, 2.75) is 95.6 Å². The van der Waals surface area contributed by atoms with Gasteiger partial charge in [0.2, 0.25) is 0 Å². The average molecular weight is 461 g/mol. The maximum absolute atomic E-state index is 9.58. The Balaban J connectivity index is 1.46. The van der Waals surface area contributed by atoms with Gasteiger partial charge in [-0.3, -0.25) is 0 Å². The number of rotatable bonds is 4. The Kier molecular flexibility index (Phi) is 9.70. The number of para-hydroxylation sites is 1. The molecule has 2 bridgehead atoms. The molecule has 4 rings (SSSR count). The van der Waals surface area contributed by atoms with Crippen molar-refractivity contribution in [3.05, 3.63) is 54.1 Å². The highest BCUT2D eigenvalue weighted by Gasteiger charge is 2.27. The van der Waals surface area contributed by atoms with E-state index in [1.807, 2.05) is 42.5 Å². The second-order valence-electron chi connectivity index (χ2n) is 10.1. The van der Waals surface area contributed by atoms with Crippen LogP contribution in [-0.2, 0) is 0 Å². The van der Waals surface area contributed by atoms with Crippen molar-refractivity contribution < 1.29 is 9.47 Å². The molecular weight excluding hydrogens is 420 g/mol. The van der Waals surface area contributed by atoms with Gasteiger partial charge < -0.3 is 14.8 Å². The first kappa shape index (κ1) is 24.6. The molecule has 1 saturated heterocycles. The number of ether oxygens (including phenoxy) is 2. The molecule has 1 aliphatic carbocycles. The van der Waals surface area contributed by atoms with Crippen LogP contribution in [0, 0.1) is 17.2 Å². The van der Waals surface area contributed by atoms with Gasteiger partial charge in [0, 0.05) is 12.1 Å². The third-order valence-electron chi connectivity index (χ3n) is 7.33. The van der Waals surface area contributed by atoms with Gasteiger partial charge in [-0.2, -0.15) is 5.26 Å². The van der Waals surface area contributed by atoms with Crippen LogP contribution in [-0.4, -0.2) is 18.7 Å². The van der Waals surface area contributed by atoms with Gasteiger partial charge in [0.1, 0.15) is 23.4 Å². The van der Waals surface area contributed by atoms with E-state index in [1.54, 1.807) is 6.07 Å². The normalized spacial score (nSPS) is 24.7. The largest absolute Gasteiger partial charge is 0.490 e. The van der Waals surface area contributed by atoms with Crippen molar-refractivity contribution in [3.63, 3.8) is 0 Å². The summed E-state index contributed by atoms with van der Waals surface area (Å²) >= 11 is 0. The molecule has 1 aliphatic heterocycles. The van der Waals surface area contributed by atoms with Crippen LogP contribution in [0.25, 0.3) is 0 Å². The molecule has 4 heteroatoms. The fourth-order valence-electron chi connectivity index (χ4n) is 5.51. The van der Waals surface area contributed by atoms with Gasteiger partial charge in [0.05, 0.1) is 11.6 Å². The van der Waals surface area contributed by atoms with E-state index >= 15 is 0 Å². The van der Waals surface area contributed by atoms with Gasteiger partial charge >= 0.3 is 0 Å². The van der Waals surface area contributed by atoms with Crippen molar-refractivity contribution >= 4 is 0 Å². The SMILES string of the molecule is N#Cc1cc(Oc2ccccc2)cc(OC2CC3CCCCCCCCCCNC(CC3)C2)c1. The van der Waals surface area contributed by atoms with Crippen LogP contribution in [0.5, 0.6) is 17.2 Å². The lowest BCUT2D eigenvalue weighted by Crippen LogP contribution is -2.33. The first-order chi connectivity index (χ1) is 16.8. The Labute approximate surface area is 205 Å². The van der Waals surface area contributed by atoms with Crippen molar-refractivity contribution in [3.8, 4) is 23.3 Å². The minimum Gasteiger partial charge on any atom is -0.490 e. The van der Waals surface area contributed by atoms with Crippen LogP contribution in [0.3, 0.4) is 0 Å². The van der Waals surface area contributed by atoms with Crippen LogP contribution in [0.1, 0.15) is 89.0 Å². The molecule has 1 N–H and O–H groups in total. The standard InChI is InChI=1S/C30H40N2O2/c31-23-25-19-29(33-27-13-9-7-10-14-27)22-30(20-25)34-28-18-24-12-8-5-3-1-2-4-6-11-17-32-26(21-28)16-15-24/h7,9-10,13-14,19-20,22,24,26,28,32H,1-6,8,11-12,15-18,21H2. The lowest BCUT2D eigenvalue weighted by atomic mass is 9.92. The highest BCUT2D eigenvalue weighted by molar-refractivity contribution is 5.45. The fourth-order valence-corrected chi connectivity index (χ4v) is 5.51. The number of benzene rings is 2. The van der Waals surface area contributed by atoms with Crippen molar-refractivity contribution in [2.75, 3.05) is 6.54 Å². The van der Waals surface area contributed by atoms with E-state index in [2.05, 4.69) is 11.4 Å². The summed E-state index contributed by atoms with van der Waals surface area (Å²) in [6, 6.07) is 18.1. The Hall–Kier alpha value is -2.51. The van der Waals surface area contributed by atoms with Crippen molar-refractivity contribution in [2.24, 2.45) is 5.92 Å². The van der Waals surface area contributed by atoms with Gasteiger partial charge in [-0.25, -0.2) is 0 Å². The van der Waals surface area contributed by atoms with Gasteiger partial charge in [-0.1, -0.05) is 69.6 Å². The van der Waals surface area contributed by atoms with E-state index < -0.39 is 0 Å². The Morgan fingerprint density at radius 1 is 0.735 bits per heavy atom. The predicted octanol–water partition coefficient (Wildman–Crippen LogP) is 7.77. The number of nitriles is 1. The molecule has 2 aromatic carbocycles. The summed E-state index contributed by atoms with van der Waals surface area (Å²) in [5.74, 6) is 2.87. The molecule has 0 spiro atoms. The number of nitrogens with zero attached hydrogens (tertiary/aromatic N) is 1. The molecule has 2 aromatic rings. The molecule has 34 heavy (non-hydrogen) atoms. The molecule has 3 atom stereocenters. The molecule has 1 saturated carbocycles. The lowest BCUT2D eigenvalue weighted by Gasteiger charge is -2.24. The second kappa shape index (κ2) is 13.4. The lowest BCUT2D eigenvalue weighted by molar-refractivity contribution is 0.155. The fraction of sp³-hybridized carbons (Fsp3) is 0.567. The van der Waals surface area contributed by atoms with Crippen LogP contribution in [0.4, 0.5) is 0 Å². The molecule has 0 amide bonds. The highest BCUT2D eigenvalue weighted by Crippen LogP contribution is 2.33. The van der Waals surface area contributed by atoms with Crippen LogP contribution >= 0.6 is 0 Å². The highest BCUT2D eigenvalue weighted by atomic mass is 16.5. The smallest absolute Gasteiger partial charge is 0.132 e. The third kappa shape index (κ3) is 8.06. The van der Waals surface area contributed by atoms with E-state index in [1.165, 1.54) is 70.6 Å². The van der Waals surface area contributed by atoms with E-state index in [9.17, 15) is 5.26 Å². The number of hydrogen-bond donors (Lipinski definition) is 1. The summed E-state index contributed by atoms with van der Waals surface area (Å²) in [6.45, 7) is 1.11. The van der Waals surface area contributed by atoms with Crippen molar-refractivity contribution in [1.29, 1.82) is 5.26 Å². The summed E-state index contributed by atoms with van der Waals surface area (Å²) in [4.78, 5) is 0. The molecule has 2 aliphatic rings. The van der Waals surface area contributed by atoms with Crippen molar-refractivity contribution in [1.82, 2.24) is 5.32 Å². The summed E-state index contributed by atoms with van der Waals surface area (Å²) in [6.07, 6.45) is 17.0. The summed E-state index contributed by atoms with van der Waals surface area (Å²) < 4.78 is 12.6. The van der Waals surface area contributed by atoms with Gasteiger partial charge in [-0.15, -0.1) is 0 Å². The molecular formula is C30H40N2O2. The predicted molar refractivity (Wildman–Crippen MR) is 137 cm³/mol. The number of hydrogen-bond acceptors (Lipinski definition) is 4. The topological polar surface area (TPSA) is 54.3 Å². The van der Waals surface area contributed by atoms with Gasteiger partial charge in [0.25, 0.3) is 0 Å². The molecule has 1 heterocycles. The van der Waals surface area contributed by atoms with E-state index in [0.717, 1.165) is 36.8 Å². The average Bonchev–Trinajstić information content (AvgIpc) is 3.04. The quantitative estimate of drug-likeness (QED) is 0.506. The molecule has 0 aromatic heterocycles. The minimum absolute atomic E-state index is 0.163. The Bertz CT molecular complexity index is 886. The summed E-state index contributed by atoms with van der Waals surface area (Å²) in [5.41, 5.74) is 0.567. The molecule has 2 fully saturated rings. The van der Waals surface area contributed by atoms with Gasteiger partial charge in [-0.05, 0) is 68.8 Å². The van der Waals surface area contributed by atoms with E-state index in [0.29, 0.717) is 17.4 Å². The summed E-state index contributed by atoms with van der Waals surface area (Å²) in [7, 11) is 0. The first-order valence-corrected chi connectivity index (χ1v) is 13.5. The molecule has 0 radical (unpaired) electrons. The van der Waals surface area contributed by atoms with Crippen LogP contribution < -0.4 is 14.8 Å². The first-order valence-electron chi connectivity index (χ1n) is 13.5. The Morgan fingerprint density at radius 3 is 2.26 bits per heavy atom. The second-order valence-corrected chi connectivity index (χ2v) is 10.1. The van der Waals surface area contributed by atoms with Gasteiger partial charge in [0.15, 0.2) is 0 Å². The van der Waals surface area contributed by atoms with E-state index in [-0.39, 0.29) is 6.10 Å². The third-order valence-corrected chi connectivity index (χ3v) is 7.33. The van der Waals surface area contributed by atoms with E-state index in [4.69, 9.17) is 9.47 Å². The number of nitrogens with one attached hydrogen (secondary N) is 1. The minimum atomic E-state index is 0.163. The monoisotopic (exact) mass is 460 g/mol. The zero-order chi connectivity index (χ0) is 23.4. The molecule has 3 unspecified atom stereocenters. The van der Waals surface area contributed by atoms with Crippen LogP contribution in [0.15, 0.2) is 48.5 Å². The number of fused-ring (bicyclic) bond motifs is 3. The van der Waals surface area contributed by atoms with Crippen LogP contribution in [0.2, 0.25) is 0 Å². The summed E-state index contributed by atoms with van der Waals surface area (Å²) in [5, 5.41) is 13.4. The molecule has 182 valence electrons. The molecule has 4 nitrogen and oxygen atoms in total.